The highest BCUT2D eigenvalue weighted by molar-refractivity contribution is 8.00. The molecule has 2 saturated heterocycles. The molecule has 0 bridgehead atoms. The number of thioether (sulfide) groups is 1. The Hall–Kier alpha value is -5.31. The van der Waals surface area contributed by atoms with Gasteiger partial charge >= 0.3 is 12.0 Å². The maximum atomic E-state index is 12.8. The quantitative estimate of drug-likeness (QED) is 0.0327. The van der Waals surface area contributed by atoms with Gasteiger partial charge in [-0.3, -0.25) is 9.59 Å². The molecule has 4 aromatic carbocycles. The number of carboxylic acid groups (broad SMARTS) is 1. The van der Waals surface area contributed by atoms with E-state index in [9.17, 15) is 19.2 Å². The number of carboxylic acids is 1. The number of methoxy groups -OCH3 is 4. The van der Waals surface area contributed by atoms with E-state index in [1.165, 1.54) is 27.2 Å². The van der Waals surface area contributed by atoms with Crippen LogP contribution in [-0.2, 0) is 14.4 Å². The van der Waals surface area contributed by atoms with Crippen molar-refractivity contribution < 1.29 is 43.2 Å². The fourth-order valence-electron chi connectivity index (χ4n) is 7.92. The predicted molar refractivity (Wildman–Crippen MR) is 258 cm³/mol. The zero-order chi connectivity index (χ0) is 46.3. The maximum absolute atomic E-state index is 12.8. The van der Waals surface area contributed by atoms with Crippen LogP contribution in [0.4, 0.5) is 4.79 Å². The number of aliphatic carboxylic acids is 1. The molecule has 3 atom stereocenters. The van der Waals surface area contributed by atoms with E-state index in [-0.39, 0.29) is 35.5 Å². The summed E-state index contributed by atoms with van der Waals surface area (Å²) in [6.45, 7) is 4.50. The molecule has 0 radical (unpaired) electrons. The molecular weight excluding hydrogens is 880 g/mol. The predicted octanol–water partition coefficient (Wildman–Crippen LogP) is 9.43. The van der Waals surface area contributed by atoms with E-state index in [2.05, 4.69) is 21.3 Å². The number of urea groups is 1. The van der Waals surface area contributed by atoms with Gasteiger partial charge in [-0.15, -0.1) is 0 Å². The Morgan fingerprint density at radius 3 is 1.69 bits per heavy atom. The fourth-order valence-corrected chi connectivity index (χ4v) is 10.1. The Morgan fingerprint density at radius 2 is 1.19 bits per heavy atom. The molecule has 0 aliphatic carbocycles. The Balaban J connectivity index is 0.000000306. The zero-order valence-electron chi connectivity index (χ0n) is 37.2. The van der Waals surface area contributed by atoms with Crippen LogP contribution in [-0.4, -0.2) is 93.5 Å². The third-order valence-electron chi connectivity index (χ3n) is 11.2. The highest BCUT2D eigenvalue weighted by Crippen LogP contribution is 2.46. The Bertz CT molecular complexity index is 2390. The van der Waals surface area contributed by atoms with E-state index in [0.717, 1.165) is 72.2 Å². The summed E-state index contributed by atoms with van der Waals surface area (Å²) < 4.78 is 22.1. The smallest absolute Gasteiger partial charge is 0.331 e. The van der Waals surface area contributed by atoms with E-state index < -0.39 is 5.97 Å². The summed E-state index contributed by atoms with van der Waals surface area (Å²) in [7, 11) is 6.21. The molecule has 4 amide bonds. The van der Waals surface area contributed by atoms with Gasteiger partial charge in [0.15, 0.2) is 0 Å². The Labute approximate surface area is 389 Å². The summed E-state index contributed by atoms with van der Waals surface area (Å²) in [4.78, 5) is 47.5. The number of amides is 4. The van der Waals surface area contributed by atoms with Gasteiger partial charge in [-0.25, -0.2) is 9.59 Å². The van der Waals surface area contributed by atoms with Crippen molar-refractivity contribution in [3.8, 4) is 23.0 Å². The molecule has 16 heteroatoms. The number of unbranched alkanes of at least 4 members (excludes halogenated alkanes) is 4. The average molecular weight is 938 g/mol. The van der Waals surface area contributed by atoms with Crippen LogP contribution in [0, 0.1) is 0 Å². The van der Waals surface area contributed by atoms with E-state index in [1.807, 2.05) is 60.3 Å². The van der Waals surface area contributed by atoms with Gasteiger partial charge in [0.25, 0.3) is 0 Å². The number of carbonyl (C=O) groups excluding carboxylic acids is 3. The topological polar surface area (TPSA) is 174 Å². The number of nitrogens with one attached hydrogen (secondary N) is 4. The molecule has 6 rings (SSSR count). The van der Waals surface area contributed by atoms with Crippen molar-refractivity contribution in [1.29, 1.82) is 0 Å². The van der Waals surface area contributed by atoms with Gasteiger partial charge in [0.2, 0.25) is 11.8 Å². The number of halogens is 2. The third-order valence-corrected chi connectivity index (χ3v) is 13.5. The standard InChI is InChI=1S/C32H43ClN4O5S.C16H15ClO4/c1-20(18-23-27(33)30(42-3)22-13-7-6-12-21(22)29(23)41-2)31(39)35-17-11-5-4-10-16-34-26(38)15-9-8-14-25-28-24(19-43-25)36-32(40)37-28;1-9(16(18)19)8-12-13(17)15(21-3)11-7-5-4-6-10(11)14(12)20-2/h6-7,12-13,18,24-25,28H,4-5,8-11,14-17,19H2,1-3H3,(H,34,38)(H,35,39)(H2,36,37,40);4-8H,1-3H3,(H,18,19)/b20-18+;9-8+/t24?,25?,28-;/m0./s1. The molecule has 344 valence electrons. The highest BCUT2D eigenvalue weighted by Gasteiger charge is 2.42. The van der Waals surface area contributed by atoms with Crippen LogP contribution in [0.25, 0.3) is 33.7 Å². The summed E-state index contributed by atoms with van der Waals surface area (Å²) in [6, 6.07) is 15.6. The maximum Gasteiger partial charge on any atom is 0.331 e. The van der Waals surface area contributed by atoms with Crippen molar-refractivity contribution in [1.82, 2.24) is 21.3 Å². The molecule has 4 aromatic rings. The zero-order valence-corrected chi connectivity index (χ0v) is 39.5. The van der Waals surface area contributed by atoms with Crippen LogP contribution in [0.5, 0.6) is 23.0 Å². The summed E-state index contributed by atoms with van der Waals surface area (Å²) in [6.07, 6.45) is 10.4. The van der Waals surface area contributed by atoms with Crippen molar-refractivity contribution >= 4 is 92.5 Å². The van der Waals surface area contributed by atoms with E-state index in [1.54, 1.807) is 27.2 Å². The molecule has 2 heterocycles. The van der Waals surface area contributed by atoms with Gasteiger partial charge in [0, 0.05) is 74.3 Å². The summed E-state index contributed by atoms with van der Waals surface area (Å²) in [5.74, 6) is 2.06. The molecule has 64 heavy (non-hydrogen) atoms. The largest absolute Gasteiger partial charge is 0.495 e. The minimum absolute atomic E-state index is 0.0571. The second-order valence-electron chi connectivity index (χ2n) is 15.5. The molecule has 5 N–H and O–H groups in total. The monoisotopic (exact) mass is 936 g/mol. The van der Waals surface area contributed by atoms with E-state index >= 15 is 0 Å². The van der Waals surface area contributed by atoms with Crippen molar-refractivity contribution in [3.63, 3.8) is 0 Å². The number of benzene rings is 4. The van der Waals surface area contributed by atoms with Gasteiger partial charge in [0.1, 0.15) is 23.0 Å². The summed E-state index contributed by atoms with van der Waals surface area (Å²) in [5.41, 5.74) is 1.79. The number of carbonyl (C=O) groups is 4. The molecule has 13 nitrogen and oxygen atoms in total. The van der Waals surface area contributed by atoms with Gasteiger partial charge in [-0.1, -0.05) is 91.0 Å². The molecule has 2 fully saturated rings. The summed E-state index contributed by atoms with van der Waals surface area (Å²) >= 11 is 15.0. The lowest BCUT2D eigenvalue weighted by Gasteiger charge is -2.16. The van der Waals surface area contributed by atoms with Crippen molar-refractivity contribution in [2.75, 3.05) is 47.3 Å². The van der Waals surface area contributed by atoms with Crippen LogP contribution in [0.2, 0.25) is 10.0 Å². The lowest BCUT2D eigenvalue weighted by atomic mass is 10.0. The van der Waals surface area contributed by atoms with Gasteiger partial charge in [-0.05, 0) is 51.7 Å². The lowest BCUT2D eigenvalue weighted by molar-refractivity contribution is -0.132. The number of ether oxygens (including phenoxy) is 4. The first-order chi connectivity index (χ1) is 30.8. The molecule has 0 spiro atoms. The normalized spacial score (nSPS) is 16.9. The summed E-state index contributed by atoms with van der Waals surface area (Å²) in [5, 5.41) is 25.5. The van der Waals surface area contributed by atoms with E-state index in [0.29, 0.717) is 74.5 Å². The van der Waals surface area contributed by atoms with E-state index in [4.69, 9.17) is 47.3 Å². The average Bonchev–Trinajstić information content (AvgIpc) is 3.85. The number of fused-ring (bicyclic) bond motifs is 3. The first kappa shape index (κ1) is 49.7. The molecule has 0 aromatic heterocycles. The SMILES string of the molecule is COc1c(Cl)c(/C=C(\C)C(=O)NCCCCCCNC(=O)CCCCC2SCC3NC(=O)N[C@@H]32)c(OC)c2ccccc12.COc1c(Cl)c(/C=C(\C)C(=O)O)c(OC)c2ccccc12. The molecular formula is C48H58Cl2N4O9S. The second kappa shape index (κ2) is 24.1. The highest BCUT2D eigenvalue weighted by atomic mass is 35.5. The molecule has 0 saturated carbocycles. The molecule has 2 unspecified atom stereocenters. The number of hydrogen-bond acceptors (Lipinski definition) is 9. The van der Waals surface area contributed by atoms with Crippen LogP contribution in [0.1, 0.15) is 76.3 Å². The van der Waals surface area contributed by atoms with Crippen LogP contribution in [0.15, 0.2) is 59.7 Å². The van der Waals surface area contributed by atoms with Crippen LogP contribution in [0.3, 0.4) is 0 Å². The first-order valence-electron chi connectivity index (χ1n) is 21.3. The van der Waals surface area contributed by atoms with Crippen molar-refractivity contribution in [2.24, 2.45) is 0 Å². The third kappa shape index (κ3) is 12.3. The van der Waals surface area contributed by atoms with Crippen LogP contribution >= 0.6 is 35.0 Å². The van der Waals surface area contributed by atoms with Crippen LogP contribution < -0.4 is 40.2 Å². The number of rotatable bonds is 20. The second-order valence-corrected chi connectivity index (χ2v) is 17.6. The molecule has 2 aliphatic rings. The van der Waals surface area contributed by atoms with Crippen molar-refractivity contribution in [3.05, 3.63) is 80.8 Å². The van der Waals surface area contributed by atoms with Crippen molar-refractivity contribution in [2.45, 2.75) is 82.5 Å². The van der Waals surface area contributed by atoms with Gasteiger partial charge < -0.3 is 45.3 Å². The molecule has 2 aliphatic heterocycles. The minimum Gasteiger partial charge on any atom is -0.495 e. The van der Waals surface area contributed by atoms with Gasteiger partial charge in [0.05, 0.1) is 50.6 Å². The Morgan fingerprint density at radius 1 is 0.703 bits per heavy atom. The lowest BCUT2D eigenvalue weighted by Crippen LogP contribution is -2.36. The first-order valence-corrected chi connectivity index (χ1v) is 23.1. The number of hydrogen-bond donors (Lipinski definition) is 5. The van der Waals surface area contributed by atoms with Gasteiger partial charge in [-0.2, -0.15) is 11.8 Å². The Kier molecular flexibility index (Phi) is 18.7. The minimum atomic E-state index is -1.01. The fraction of sp³-hybridized carbons (Fsp3) is 0.417.